The first kappa shape index (κ1) is 15.1. The molecular weight excluding hydrogens is 226 g/mol. The number of nitrogens with zero attached hydrogens (tertiary/aromatic N) is 2. The molecule has 1 heterocycles. The Morgan fingerprint density at radius 2 is 2.17 bits per heavy atom. The van der Waals surface area contributed by atoms with E-state index in [-0.39, 0.29) is 18.7 Å². The minimum Gasteiger partial charge on any atom is -0.395 e. The van der Waals surface area contributed by atoms with Gasteiger partial charge in [0.2, 0.25) is 0 Å². The first-order valence-electron chi connectivity index (χ1n) is 6.50. The Bertz CT molecular complexity index is 329. The Morgan fingerprint density at radius 3 is 2.67 bits per heavy atom. The molecule has 0 spiro atoms. The number of hydrogen-bond donors (Lipinski definition) is 2. The van der Waals surface area contributed by atoms with Crippen LogP contribution in [0.1, 0.15) is 25.8 Å². The van der Waals surface area contributed by atoms with E-state index in [1.165, 1.54) is 0 Å². The zero-order valence-electron chi connectivity index (χ0n) is 11.6. The lowest BCUT2D eigenvalue weighted by Crippen LogP contribution is -2.48. The molecule has 4 nitrogen and oxygen atoms in total. The molecule has 102 valence electrons. The Hall–Kier alpha value is -0.970. The summed E-state index contributed by atoms with van der Waals surface area (Å²) in [5, 5.41) is 9.52. The summed E-state index contributed by atoms with van der Waals surface area (Å²) in [6.45, 7) is 5.14. The van der Waals surface area contributed by atoms with Crippen LogP contribution in [0.2, 0.25) is 0 Å². The van der Waals surface area contributed by atoms with Gasteiger partial charge in [0, 0.05) is 31.0 Å². The molecule has 0 aromatic carbocycles. The molecule has 4 heteroatoms. The Balaban J connectivity index is 2.59. The van der Waals surface area contributed by atoms with Gasteiger partial charge in [-0.15, -0.1) is 0 Å². The van der Waals surface area contributed by atoms with Crippen molar-refractivity contribution in [1.82, 2.24) is 9.88 Å². The summed E-state index contributed by atoms with van der Waals surface area (Å²) in [5.41, 5.74) is 7.30. The summed E-state index contributed by atoms with van der Waals surface area (Å²) in [5.74, 6) is 0.542. The molecular formula is C14H25N3O. The van der Waals surface area contributed by atoms with Crippen LogP contribution in [-0.4, -0.2) is 40.7 Å². The standard InChI is InChI=1S/C14H25N3O/c1-11(2)7-13(15)14(10-18)17(3)9-12-5-4-6-16-8-12/h4-6,8,11,13-14,18H,7,9-10,15H2,1-3H3. The fourth-order valence-electron chi connectivity index (χ4n) is 2.20. The van der Waals surface area contributed by atoms with Crippen molar-refractivity contribution in [1.29, 1.82) is 0 Å². The summed E-state index contributed by atoms with van der Waals surface area (Å²) in [4.78, 5) is 6.20. The molecule has 0 aliphatic carbocycles. The monoisotopic (exact) mass is 251 g/mol. The maximum atomic E-state index is 9.52. The van der Waals surface area contributed by atoms with Gasteiger partial charge in [0.25, 0.3) is 0 Å². The van der Waals surface area contributed by atoms with Gasteiger partial charge < -0.3 is 10.8 Å². The van der Waals surface area contributed by atoms with Gasteiger partial charge in [-0.2, -0.15) is 0 Å². The molecule has 0 aliphatic rings. The predicted octanol–water partition coefficient (Wildman–Crippen LogP) is 1.25. The van der Waals surface area contributed by atoms with Crippen LogP contribution in [0.5, 0.6) is 0 Å². The second-order valence-electron chi connectivity index (χ2n) is 5.32. The molecule has 0 saturated heterocycles. The number of aliphatic hydroxyl groups is 1. The van der Waals surface area contributed by atoms with Crippen molar-refractivity contribution in [3.63, 3.8) is 0 Å². The minimum absolute atomic E-state index is 0.00308. The number of nitrogens with two attached hydrogens (primary N) is 1. The van der Waals surface area contributed by atoms with Gasteiger partial charge in [0.1, 0.15) is 0 Å². The molecule has 2 unspecified atom stereocenters. The second kappa shape index (κ2) is 7.46. The van der Waals surface area contributed by atoms with E-state index < -0.39 is 0 Å². The lowest BCUT2D eigenvalue weighted by molar-refractivity contribution is 0.114. The van der Waals surface area contributed by atoms with E-state index in [0.29, 0.717) is 5.92 Å². The molecule has 1 rings (SSSR count). The van der Waals surface area contributed by atoms with Crippen molar-refractivity contribution in [2.75, 3.05) is 13.7 Å². The number of rotatable bonds is 7. The molecule has 0 saturated carbocycles. The lowest BCUT2D eigenvalue weighted by atomic mass is 9.97. The van der Waals surface area contributed by atoms with Gasteiger partial charge in [-0.3, -0.25) is 9.88 Å². The molecule has 18 heavy (non-hydrogen) atoms. The summed E-state index contributed by atoms with van der Waals surface area (Å²) in [6.07, 6.45) is 4.53. The number of likely N-dealkylation sites (N-methyl/N-ethyl adjacent to an activating group) is 1. The van der Waals surface area contributed by atoms with E-state index in [2.05, 4.69) is 23.7 Å². The van der Waals surface area contributed by atoms with Gasteiger partial charge in [0.15, 0.2) is 0 Å². The first-order valence-corrected chi connectivity index (χ1v) is 6.50. The van der Waals surface area contributed by atoms with Crippen LogP contribution < -0.4 is 5.73 Å². The zero-order chi connectivity index (χ0) is 13.5. The van der Waals surface area contributed by atoms with Crippen LogP contribution in [0.3, 0.4) is 0 Å². The van der Waals surface area contributed by atoms with E-state index in [9.17, 15) is 5.11 Å². The lowest BCUT2D eigenvalue weighted by Gasteiger charge is -2.32. The number of aromatic nitrogens is 1. The van der Waals surface area contributed by atoms with Crippen LogP contribution in [0.4, 0.5) is 0 Å². The Morgan fingerprint density at radius 1 is 1.44 bits per heavy atom. The van der Waals surface area contributed by atoms with E-state index in [0.717, 1.165) is 18.5 Å². The highest BCUT2D eigenvalue weighted by Crippen LogP contribution is 2.12. The molecule has 0 bridgehead atoms. The molecule has 1 aromatic rings. The van der Waals surface area contributed by atoms with Gasteiger partial charge in [0.05, 0.1) is 6.61 Å². The van der Waals surface area contributed by atoms with Crippen molar-refractivity contribution >= 4 is 0 Å². The molecule has 3 N–H and O–H groups in total. The summed E-state index contributed by atoms with van der Waals surface area (Å²) in [7, 11) is 1.99. The highest BCUT2D eigenvalue weighted by Gasteiger charge is 2.22. The average molecular weight is 251 g/mol. The molecule has 0 amide bonds. The van der Waals surface area contributed by atoms with Crippen molar-refractivity contribution < 1.29 is 5.11 Å². The topological polar surface area (TPSA) is 62.4 Å². The smallest absolute Gasteiger partial charge is 0.0601 e. The van der Waals surface area contributed by atoms with E-state index in [4.69, 9.17) is 5.73 Å². The first-order chi connectivity index (χ1) is 8.54. The predicted molar refractivity (Wildman–Crippen MR) is 74.0 cm³/mol. The fourth-order valence-corrected chi connectivity index (χ4v) is 2.20. The van der Waals surface area contributed by atoms with E-state index in [1.807, 2.05) is 25.4 Å². The number of pyridine rings is 1. The van der Waals surface area contributed by atoms with Crippen molar-refractivity contribution in [3.8, 4) is 0 Å². The van der Waals surface area contributed by atoms with Gasteiger partial charge >= 0.3 is 0 Å². The summed E-state index contributed by atoms with van der Waals surface area (Å²) in [6, 6.07) is 3.95. The van der Waals surface area contributed by atoms with Crippen molar-refractivity contribution in [2.45, 2.75) is 38.9 Å². The molecule has 0 radical (unpaired) electrons. The largest absolute Gasteiger partial charge is 0.395 e. The third-order valence-electron chi connectivity index (χ3n) is 3.15. The molecule has 0 fully saturated rings. The molecule has 0 aliphatic heterocycles. The Labute approximate surface area is 110 Å². The van der Waals surface area contributed by atoms with Crippen LogP contribution in [0.15, 0.2) is 24.5 Å². The second-order valence-corrected chi connectivity index (χ2v) is 5.32. The normalized spacial score (nSPS) is 15.1. The summed E-state index contributed by atoms with van der Waals surface area (Å²) < 4.78 is 0. The van der Waals surface area contributed by atoms with Gasteiger partial charge in [-0.05, 0) is 31.0 Å². The van der Waals surface area contributed by atoms with Crippen molar-refractivity contribution in [3.05, 3.63) is 30.1 Å². The molecule has 1 aromatic heterocycles. The number of aliphatic hydroxyl groups excluding tert-OH is 1. The third-order valence-corrected chi connectivity index (χ3v) is 3.15. The van der Waals surface area contributed by atoms with Gasteiger partial charge in [-0.1, -0.05) is 19.9 Å². The third kappa shape index (κ3) is 4.72. The van der Waals surface area contributed by atoms with Crippen molar-refractivity contribution in [2.24, 2.45) is 11.7 Å². The summed E-state index contributed by atoms with van der Waals surface area (Å²) >= 11 is 0. The quantitative estimate of drug-likeness (QED) is 0.765. The van der Waals surface area contributed by atoms with Crippen LogP contribution in [-0.2, 0) is 6.54 Å². The maximum Gasteiger partial charge on any atom is 0.0601 e. The van der Waals surface area contributed by atoms with E-state index in [1.54, 1.807) is 6.20 Å². The SMILES string of the molecule is CC(C)CC(N)C(CO)N(C)Cc1cccnc1. The highest BCUT2D eigenvalue weighted by molar-refractivity contribution is 5.08. The van der Waals surface area contributed by atoms with Crippen LogP contribution in [0, 0.1) is 5.92 Å². The Kier molecular flexibility index (Phi) is 6.25. The zero-order valence-corrected chi connectivity index (χ0v) is 11.6. The average Bonchev–Trinajstić information content (AvgIpc) is 2.30. The van der Waals surface area contributed by atoms with Gasteiger partial charge in [-0.25, -0.2) is 0 Å². The molecule has 2 atom stereocenters. The maximum absolute atomic E-state index is 9.52. The van der Waals surface area contributed by atoms with E-state index >= 15 is 0 Å². The van der Waals surface area contributed by atoms with Crippen LogP contribution >= 0.6 is 0 Å². The highest BCUT2D eigenvalue weighted by atomic mass is 16.3. The van der Waals surface area contributed by atoms with Crippen LogP contribution in [0.25, 0.3) is 0 Å². The minimum atomic E-state index is -0.00685. The fraction of sp³-hybridized carbons (Fsp3) is 0.643. The number of hydrogen-bond acceptors (Lipinski definition) is 4.